The molecule has 1 saturated heterocycles. The van der Waals surface area contributed by atoms with Gasteiger partial charge in [-0.3, -0.25) is 4.79 Å². The predicted octanol–water partition coefficient (Wildman–Crippen LogP) is 1.19. The van der Waals surface area contributed by atoms with Crippen LogP contribution >= 0.6 is 21.6 Å². The minimum Gasteiger partial charge on any atom is -0.456 e. The third-order valence-corrected chi connectivity index (χ3v) is 5.17. The molecule has 6 nitrogen and oxygen atoms in total. The highest BCUT2D eigenvalue weighted by Gasteiger charge is 2.46. The number of rotatable bonds is 8. The van der Waals surface area contributed by atoms with Gasteiger partial charge in [0.15, 0.2) is 12.4 Å². The maximum atomic E-state index is 11.8. The van der Waals surface area contributed by atoms with Gasteiger partial charge in [-0.25, -0.2) is 0 Å². The smallest absolute Gasteiger partial charge is 0.306 e. The van der Waals surface area contributed by atoms with E-state index in [0.717, 1.165) is 5.75 Å². The zero-order valence-electron chi connectivity index (χ0n) is 12.6. The number of hydrogen-bond donors (Lipinski definition) is 2. The van der Waals surface area contributed by atoms with E-state index in [1.807, 2.05) is 13.2 Å². The lowest BCUT2D eigenvalue weighted by Crippen LogP contribution is -2.59. The molecule has 8 heteroatoms. The highest BCUT2D eigenvalue weighted by atomic mass is 33.1. The van der Waals surface area contributed by atoms with Crippen molar-refractivity contribution in [2.45, 2.75) is 56.9 Å². The standard InChI is InChI=1S/C13H24O6S2/c1-4-8-10(15)12(11(16)13(17-2)18-8)19-9(14)6-5-7-21-20-3/h8,10-13,15-16H,4-7H2,1-3H3/t8?,10-,11?,12+,13+/m1/s1. The minimum atomic E-state index is -1.20. The summed E-state index contributed by atoms with van der Waals surface area (Å²) in [4.78, 5) is 11.8. The van der Waals surface area contributed by atoms with Crippen LogP contribution in [0.1, 0.15) is 26.2 Å². The van der Waals surface area contributed by atoms with E-state index in [0.29, 0.717) is 12.8 Å². The normalized spacial score (nSPS) is 32.9. The van der Waals surface area contributed by atoms with Gasteiger partial charge in [-0.1, -0.05) is 28.5 Å². The van der Waals surface area contributed by atoms with Gasteiger partial charge in [-0.05, 0) is 19.1 Å². The van der Waals surface area contributed by atoms with Crippen molar-refractivity contribution in [1.82, 2.24) is 0 Å². The molecule has 0 aromatic carbocycles. The highest BCUT2D eigenvalue weighted by molar-refractivity contribution is 8.76. The van der Waals surface area contributed by atoms with Gasteiger partial charge in [0.25, 0.3) is 0 Å². The molecule has 0 radical (unpaired) electrons. The number of methoxy groups -OCH3 is 1. The molecule has 0 aliphatic carbocycles. The van der Waals surface area contributed by atoms with Gasteiger partial charge in [0.05, 0.1) is 6.10 Å². The number of ether oxygens (including phenoxy) is 3. The molecule has 21 heavy (non-hydrogen) atoms. The molecule has 1 aliphatic rings. The Kier molecular flexibility index (Phi) is 9.00. The van der Waals surface area contributed by atoms with Crippen LogP contribution in [0.4, 0.5) is 0 Å². The molecule has 0 saturated carbocycles. The summed E-state index contributed by atoms with van der Waals surface area (Å²) >= 11 is 0. The van der Waals surface area contributed by atoms with Crippen LogP contribution in [0.2, 0.25) is 0 Å². The molecule has 0 amide bonds. The fourth-order valence-electron chi connectivity index (χ4n) is 2.14. The first-order valence-electron chi connectivity index (χ1n) is 6.94. The Morgan fingerprint density at radius 1 is 1.33 bits per heavy atom. The molecule has 0 aromatic heterocycles. The van der Waals surface area contributed by atoms with Crippen molar-refractivity contribution in [3.8, 4) is 0 Å². The van der Waals surface area contributed by atoms with E-state index < -0.39 is 36.7 Å². The Bertz CT molecular complexity index is 301. The first kappa shape index (κ1) is 19.1. The Morgan fingerprint density at radius 3 is 2.62 bits per heavy atom. The second-order valence-corrected chi connectivity index (χ2v) is 7.40. The van der Waals surface area contributed by atoms with Gasteiger partial charge in [-0.2, -0.15) is 0 Å². The molecule has 1 heterocycles. The molecule has 1 fully saturated rings. The summed E-state index contributed by atoms with van der Waals surface area (Å²) < 4.78 is 15.7. The van der Waals surface area contributed by atoms with Gasteiger partial charge >= 0.3 is 5.97 Å². The van der Waals surface area contributed by atoms with Crippen molar-refractivity contribution < 1.29 is 29.2 Å². The largest absolute Gasteiger partial charge is 0.456 e. The lowest BCUT2D eigenvalue weighted by molar-refractivity contribution is -0.293. The minimum absolute atomic E-state index is 0.263. The van der Waals surface area contributed by atoms with Crippen LogP contribution in [0.5, 0.6) is 0 Å². The molecule has 124 valence electrons. The molecular weight excluding hydrogens is 316 g/mol. The molecule has 5 atom stereocenters. The molecule has 0 aromatic rings. The van der Waals surface area contributed by atoms with Crippen LogP contribution in [0.25, 0.3) is 0 Å². The fraction of sp³-hybridized carbons (Fsp3) is 0.923. The monoisotopic (exact) mass is 340 g/mol. The van der Waals surface area contributed by atoms with Gasteiger partial charge < -0.3 is 24.4 Å². The Morgan fingerprint density at radius 2 is 2.05 bits per heavy atom. The molecule has 1 aliphatic heterocycles. The lowest BCUT2D eigenvalue weighted by Gasteiger charge is -2.41. The molecule has 1 rings (SSSR count). The summed E-state index contributed by atoms with van der Waals surface area (Å²) in [5.74, 6) is 0.430. The van der Waals surface area contributed by atoms with Crippen molar-refractivity contribution in [2.24, 2.45) is 0 Å². The second kappa shape index (κ2) is 9.91. The Hall–Kier alpha value is 0.01000. The van der Waals surface area contributed by atoms with Gasteiger partial charge in [0.2, 0.25) is 0 Å². The first-order chi connectivity index (χ1) is 10.0. The van der Waals surface area contributed by atoms with Crippen molar-refractivity contribution in [3.05, 3.63) is 0 Å². The van der Waals surface area contributed by atoms with E-state index in [-0.39, 0.29) is 6.42 Å². The maximum Gasteiger partial charge on any atom is 0.306 e. The number of carbonyl (C=O) groups is 1. The lowest BCUT2D eigenvalue weighted by atomic mass is 9.97. The van der Waals surface area contributed by atoms with Crippen molar-refractivity contribution in [3.63, 3.8) is 0 Å². The number of aliphatic hydroxyl groups is 2. The predicted molar refractivity (Wildman–Crippen MR) is 83.1 cm³/mol. The summed E-state index contributed by atoms with van der Waals surface area (Å²) in [5, 5.41) is 20.2. The van der Waals surface area contributed by atoms with E-state index in [1.54, 1.807) is 21.6 Å². The summed E-state index contributed by atoms with van der Waals surface area (Å²) in [6.07, 6.45) is -1.22. The quantitative estimate of drug-likeness (QED) is 0.387. The van der Waals surface area contributed by atoms with Crippen LogP contribution in [0.15, 0.2) is 0 Å². The first-order valence-corrected chi connectivity index (χ1v) is 9.67. The topological polar surface area (TPSA) is 85.2 Å². The molecule has 0 spiro atoms. The zero-order valence-corrected chi connectivity index (χ0v) is 14.2. The molecule has 2 unspecified atom stereocenters. The van der Waals surface area contributed by atoms with Crippen molar-refractivity contribution >= 4 is 27.6 Å². The van der Waals surface area contributed by atoms with Crippen molar-refractivity contribution in [2.75, 3.05) is 19.1 Å². The van der Waals surface area contributed by atoms with Crippen molar-refractivity contribution in [1.29, 1.82) is 0 Å². The SMILES string of the molecule is CCC1O[C@H](OC)C(O)[C@@H](OC(=O)CCCSSC)[C@@H]1O. The van der Waals surface area contributed by atoms with Crippen LogP contribution < -0.4 is 0 Å². The Balaban J connectivity index is 2.54. The average molecular weight is 340 g/mol. The summed E-state index contributed by atoms with van der Waals surface area (Å²) in [6, 6.07) is 0. The van der Waals surface area contributed by atoms with E-state index >= 15 is 0 Å². The Labute approximate surface area is 133 Å². The summed E-state index contributed by atoms with van der Waals surface area (Å²) in [6.45, 7) is 1.84. The van der Waals surface area contributed by atoms with Gasteiger partial charge in [0, 0.05) is 19.3 Å². The molecule has 2 N–H and O–H groups in total. The maximum absolute atomic E-state index is 11.8. The second-order valence-electron chi connectivity index (χ2n) is 4.71. The fourth-order valence-corrected chi connectivity index (χ4v) is 3.43. The van der Waals surface area contributed by atoms with E-state index in [4.69, 9.17) is 14.2 Å². The number of hydrogen-bond acceptors (Lipinski definition) is 8. The molecule has 0 bridgehead atoms. The van der Waals surface area contributed by atoms with Gasteiger partial charge in [-0.15, -0.1) is 0 Å². The zero-order chi connectivity index (χ0) is 15.8. The summed E-state index contributed by atoms with van der Waals surface area (Å²) in [7, 11) is 4.72. The van der Waals surface area contributed by atoms with Crippen LogP contribution in [-0.4, -0.2) is 66.0 Å². The van der Waals surface area contributed by atoms with E-state index in [2.05, 4.69) is 0 Å². The van der Waals surface area contributed by atoms with Crippen LogP contribution in [0.3, 0.4) is 0 Å². The summed E-state index contributed by atoms with van der Waals surface area (Å²) in [5.41, 5.74) is 0. The number of carbonyl (C=O) groups excluding carboxylic acids is 1. The number of esters is 1. The third-order valence-electron chi connectivity index (χ3n) is 3.27. The van der Waals surface area contributed by atoms with Gasteiger partial charge in [0.1, 0.15) is 12.2 Å². The third kappa shape index (κ3) is 5.61. The van der Waals surface area contributed by atoms with E-state index in [1.165, 1.54) is 7.11 Å². The van der Waals surface area contributed by atoms with E-state index in [9.17, 15) is 15.0 Å². The average Bonchev–Trinajstić information content (AvgIpc) is 2.48. The molecular formula is C13H24O6S2. The van der Waals surface area contributed by atoms with Crippen LogP contribution in [0, 0.1) is 0 Å². The highest BCUT2D eigenvalue weighted by Crippen LogP contribution is 2.26. The van der Waals surface area contributed by atoms with Crippen LogP contribution in [-0.2, 0) is 19.0 Å². The number of aliphatic hydroxyl groups excluding tert-OH is 2.